The van der Waals surface area contributed by atoms with Crippen LogP contribution in [0.15, 0.2) is 18.3 Å². The summed E-state index contributed by atoms with van der Waals surface area (Å²) in [6.45, 7) is 0.678. The number of carbonyl (C=O) groups excluding carboxylic acids is 1. The van der Waals surface area contributed by atoms with Gasteiger partial charge in [0, 0.05) is 12.7 Å². The maximum absolute atomic E-state index is 11.3. The van der Waals surface area contributed by atoms with E-state index in [-0.39, 0.29) is 5.91 Å². The van der Waals surface area contributed by atoms with Crippen molar-refractivity contribution in [2.24, 2.45) is 0 Å². The third-order valence-electron chi connectivity index (χ3n) is 2.09. The molecule has 1 saturated heterocycles. The van der Waals surface area contributed by atoms with Crippen LogP contribution in [0.2, 0.25) is 0 Å². The summed E-state index contributed by atoms with van der Waals surface area (Å²) < 4.78 is 0. The molecule has 0 aliphatic carbocycles. The second-order valence-electron chi connectivity index (χ2n) is 3.00. The molecule has 2 rings (SSSR count). The van der Waals surface area contributed by atoms with Crippen LogP contribution in [-0.4, -0.2) is 17.4 Å². The first-order chi connectivity index (χ1) is 6.81. The van der Waals surface area contributed by atoms with Gasteiger partial charge in [0.05, 0.1) is 12.0 Å². The van der Waals surface area contributed by atoms with Crippen LogP contribution in [0.25, 0.3) is 0 Å². The number of nitriles is 1. The quantitative estimate of drug-likeness (QED) is 0.654. The van der Waals surface area contributed by atoms with E-state index in [0.717, 1.165) is 6.42 Å². The zero-order valence-electron chi connectivity index (χ0n) is 7.47. The zero-order chi connectivity index (χ0) is 9.97. The third kappa shape index (κ3) is 1.44. The van der Waals surface area contributed by atoms with Crippen LogP contribution in [0.4, 0.5) is 5.82 Å². The van der Waals surface area contributed by atoms with Crippen LogP contribution >= 0.6 is 0 Å². The Morgan fingerprint density at radius 3 is 2.86 bits per heavy atom. The lowest BCUT2D eigenvalue weighted by Crippen LogP contribution is -2.24. The minimum absolute atomic E-state index is 0.0118. The van der Waals surface area contributed by atoms with E-state index in [4.69, 9.17) is 5.26 Å². The van der Waals surface area contributed by atoms with E-state index in [1.807, 2.05) is 6.07 Å². The highest BCUT2D eigenvalue weighted by atomic mass is 16.2. The summed E-state index contributed by atoms with van der Waals surface area (Å²) in [6.07, 6.45) is 3.88. The molecule has 1 aromatic rings. The van der Waals surface area contributed by atoms with Crippen molar-refractivity contribution in [1.29, 1.82) is 5.26 Å². The van der Waals surface area contributed by atoms with E-state index < -0.39 is 0 Å². The average Bonchev–Trinajstić information content (AvgIpc) is 2.65. The molecule has 1 radical (unpaired) electrons. The van der Waals surface area contributed by atoms with Gasteiger partial charge in [-0.3, -0.25) is 9.69 Å². The highest BCUT2D eigenvalue weighted by Crippen LogP contribution is 2.17. The number of aromatic nitrogens is 1. The Morgan fingerprint density at radius 1 is 1.50 bits per heavy atom. The molecule has 1 amide bonds. The zero-order valence-corrected chi connectivity index (χ0v) is 7.47. The van der Waals surface area contributed by atoms with Crippen LogP contribution in [0.1, 0.15) is 12.0 Å². The average molecular weight is 186 g/mol. The molecule has 4 heteroatoms. The van der Waals surface area contributed by atoms with Gasteiger partial charge in [-0.1, -0.05) is 0 Å². The van der Waals surface area contributed by atoms with Gasteiger partial charge in [-0.15, -0.1) is 0 Å². The van der Waals surface area contributed by atoms with E-state index in [1.165, 1.54) is 6.20 Å². The molecule has 0 spiro atoms. The molecule has 0 atom stereocenters. The molecule has 0 aromatic carbocycles. The summed E-state index contributed by atoms with van der Waals surface area (Å²) in [5.41, 5.74) is 0.504. The fraction of sp³-hybridized carbons (Fsp3) is 0.200. The smallest absolute Gasteiger partial charge is 0.232 e. The van der Waals surface area contributed by atoms with Crippen molar-refractivity contribution < 1.29 is 4.79 Å². The Morgan fingerprint density at radius 2 is 2.36 bits per heavy atom. The van der Waals surface area contributed by atoms with E-state index in [1.54, 1.807) is 23.5 Å². The van der Waals surface area contributed by atoms with E-state index in [2.05, 4.69) is 4.98 Å². The topological polar surface area (TPSA) is 57.0 Å². The van der Waals surface area contributed by atoms with E-state index in [0.29, 0.717) is 17.9 Å². The van der Waals surface area contributed by atoms with Gasteiger partial charge in [0.1, 0.15) is 11.9 Å². The van der Waals surface area contributed by atoms with Gasteiger partial charge in [0.25, 0.3) is 0 Å². The first kappa shape index (κ1) is 8.70. The number of pyridine rings is 1. The summed E-state index contributed by atoms with van der Waals surface area (Å²) in [5, 5.41) is 8.57. The molecule has 69 valence electrons. The number of nitrogens with zero attached hydrogens (tertiary/aromatic N) is 3. The fourth-order valence-corrected chi connectivity index (χ4v) is 1.38. The molecular weight excluding hydrogens is 178 g/mol. The summed E-state index contributed by atoms with van der Waals surface area (Å²) in [5.74, 6) is 0.602. The second-order valence-corrected chi connectivity index (χ2v) is 3.00. The minimum atomic E-state index is -0.0118. The number of rotatable bonds is 1. The molecule has 0 saturated carbocycles. The Kier molecular flexibility index (Phi) is 2.15. The van der Waals surface area contributed by atoms with Crippen LogP contribution in [0, 0.1) is 17.8 Å². The van der Waals surface area contributed by atoms with Crippen molar-refractivity contribution in [3.63, 3.8) is 0 Å². The molecule has 1 aromatic heterocycles. The molecule has 0 unspecified atom stereocenters. The summed E-state index contributed by atoms with van der Waals surface area (Å²) >= 11 is 0. The summed E-state index contributed by atoms with van der Waals surface area (Å²) in [6, 6.07) is 5.33. The normalized spacial score (nSPS) is 15.6. The fourth-order valence-electron chi connectivity index (χ4n) is 1.38. The molecule has 0 N–H and O–H groups in total. The summed E-state index contributed by atoms with van der Waals surface area (Å²) in [4.78, 5) is 16.9. The van der Waals surface area contributed by atoms with Gasteiger partial charge in [-0.2, -0.15) is 5.26 Å². The highest BCUT2D eigenvalue weighted by molar-refractivity contribution is 6.00. The molecular formula is C10H8N3O. The van der Waals surface area contributed by atoms with Crippen molar-refractivity contribution in [2.45, 2.75) is 6.42 Å². The first-order valence-corrected chi connectivity index (χ1v) is 4.32. The lowest BCUT2D eigenvalue weighted by atomic mass is 10.3. The lowest BCUT2D eigenvalue weighted by Gasteiger charge is -2.13. The lowest BCUT2D eigenvalue weighted by molar-refractivity contribution is -0.114. The van der Waals surface area contributed by atoms with Crippen molar-refractivity contribution in [3.8, 4) is 6.07 Å². The van der Waals surface area contributed by atoms with Crippen LogP contribution in [0.5, 0.6) is 0 Å². The van der Waals surface area contributed by atoms with Gasteiger partial charge < -0.3 is 0 Å². The molecule has 1 fully saturated rings. The SMILES string of the molecule is N#Cc1ccc(N2CC[CH]C2=O)nc1. The Balaban J connectivity index is 2.25. The third-order valence-corrected chi connectivity index (χ3v) is 2.09. The number of anilines is 1. The van der Waals surface area contributed by atoms with Gasteiger partial charge >= 0.3 is 0 Å². The number of hydrogen-bond acceptors (Lipinski definition) is 3. The van der Waals surface area contributed by atoms with Crippen LogP contribution in [-0.2, 0) is 4.79 Å². The van der Waals surface area contributed by atoms with Crippen molar-refractivity contribution in [1.82, 2.24) is 4.98 Å². The van der Waals surface area contributed by atoms with Crippen LogP contribution < -0.4 is 4.90 Å². The number of amides is 1. The van der Waals surface area contributed by atoms with Gasteiger partial charge in [0.15, 0.2) is 0 Å². The van der Waals surface area contributed by atoms with Gasteiger partial charge in [-0.25, -0.2) is 4.98 Å². The van der Waals surface area contributed by atoms with E-state index >= 15 is 0 Å². The molecule has 0 bridgehead atoms. The first-order valence-electron chi connectivity index (χ1n) is 4.32. The predicted molar refractivity (Wildman–Crippen MR) is 50.2 cm³/mol. The van der Waals surface area contributed by atoms with Crippen molar-refractivity contribution in [2.75, 3.05) is 11.4 Å². The number of hydrogen-bond donors (Lipinski definition) is 0. The maximum atomic E-state index is 11.3. The highest BCUT2D eigenvalue weighted by Gasteiger charge is 2.22. The van der Waals surface area contributed by atoms with Gasteiger partial charge in [-0.05, 0) is 18.6 Å². The second kappa shape index (κ2) is 3.46. The van der Waals surface area contributed by atoms with E-state index in [9.17, 15) is 4.79 Å². The van der Waals surface area contributed by atoms with Crippen molar-refractivity contribution >= 4 is 11.7 Å². The molecule has 2 heterocycles. The molecule has 1 aliphatic rings. The summed E-state index contributed by atoms with van der Waals surface area (Å²) in [7, 11) is 0. The molecule has 4 nitrogen and oxygen atoms in total. The van der Waals surface area contributed by atoms with Gasteiger partial charge in [0.2, 0.25) is 5.91 Å². The molecule has 1 aliphatic heterocycles. The Bertz CT molecular complexity index is 391. The number of carbonyl (C=O) groups is 1. The largest absolute Gasteiger partial charge is 0.297 e. The Hall–Kier alpha value is -1.89. The van der Waals surface area contributed by atoms with Crippen molar-refractivity contribution in [3.05, 3.63) is 30.3 Å². The minimum Gasteiger partial charge on any atom is -0.297 e. The molecule has 14 heavy (non-hydrogen) atoms. The van der Waals surface area contributed by atoms with Crippen LogP contribution in [0.3, 0.4) is 0 Å². The monoisotopic (exact) mass is 186 g/mol. The predicted octanol–water partition coefficient (Wildman–Crippen LogP) is 0.894. The maximum Gasteiger partial charge on any atom is 0.232 e. The Labute approximate surface area is 81.8 Å². The standard InChI is InChI=1S/C10H8N3O/c11-6-8-3-4-9(12-7-8)13-5-1-2-10(13)14/h2-4,7H,1,5H2.